The molecule has 2 aliphatic rings. The number of likely N-dealkylation sites (tertiary alicyclic amines) is 1. The van der Waals surface area contributed by atoms with Gasteiger partial charge in [-0.15, -0.1) is 0 Å². The molecule has 0 unspecified atom stereocenters. The standard InChI is InChI=1S/C20H33NSi/c1-22(2,17-21-14-6-7-15-21)16-18-10-12-20(13-11-18)19-8-4-3-5-9-19/h10-13,19H,3-9,14-17H2,1-2H3. The Morgan fingerprint density at radius 3 is 2.18 bits per heavy atom. The molecule has 1 saturated heterocycles. The fourth-order valence-electron chi connectivity index (χ4n) is 4.50. The van der Waals surface area contributed by atoms with E-state index in [2.05, 4.69) is 42.3 Å². The zero-order valence-electron chi connectivity index (χ0n) is 14.6. The molecule has 2 fully saturated rings. The molecule has 1 nitrogen and oxygen atoms in total. The minimum Gasteiger partial charge on any atom is -0.306 e. The van der Waals surface area contributed by atoms with Crippen molar-refractivity contribution in [2.45, 2.75) is 70.0 Å². The van der Waals surface area contributed by atoms with Gasteiger partial charge in [0.1, 0.15) is 0 Å². The molecule has 1 aliphatic carbocycles. The smallest absolute Gasteiger partial charge is 0.0672 e. The Hall–Kier alpha value is -0.603. The van der Waals surface area contributed by atoms with Gasteiger partial charge in [0, 0.05) is 0 Å². The summed E-state index contributed by atoms with van der Waals surface area (Å²) in [4.78, 5) is 2.71. The SMILES string of the molecule is C[Si](C)(Cc1ccc(C2CCCCC2)cc1)CN1CCCC1. The van der Waals surface area contributed by atoms with Gasteiger partial charge >= 0.3 is 0 Å². The lowest BCUT2D eigenvalue weighted by atomic mass is 9.84. The van der Waals surface area contributed by atoms with Crippen LogP contribution in [0.25, 0.3) is 0 Å². The quantitative estimate of drug-likeness (QED) is 0.678. The van der Waals surface area contributed by atoms with Crippen molar-refractivity contribution in [3.05, 3.63) is 35.4 Å². The van der Waals surface area contributed by atoms with Crippen molar-refractivity contribution in [1.82, 2.24) is 4.90 Å². The molecule has 0 atom stereocenters. The molecule has 22 heavy (non-hydrogen) atoms. The first-order chi connectivity index (χ1) is 10.6. The summed E-state index contributed by atoms with van der Waals surface area (Å²) in [7, 11) is -1.14. The molecule has 0 aromatic heterocycles. The number of rotatable bonds is 5. The van der Waals surface area contributed by atoms with Crippen LogP contribution >= 0.6 is 0 Å². The lowest BCUT2D eigenvalue weighted by Gasteiger charge is -2.28. The van der Waals surface area contributed by atoms with E-state index in [4.69, 9.17) is 0 Å². The summed E-state index contributed by atoms with van der Waals surface area (Å²) in [6.07, 6.45) is 11.4. The van der Waals surface area contributed by atoms with E-state index < -0.39 is 8.07 Å². The zero-order valence-corrected chi connectivity index (χ0v) is 15.6. The summed E-state index contributed by atoms with van der Waals surface area (Å²) in [6.45, 7) is 7.83. The Bertz CT molecular complexity index is 453. The first kappa shape index (κ1) is 16.3. The maximum atomic E-state index is 2.71. The van der Waals surface area contributed by atoms with Crippen LogP contribution in [0.1, 0.15) is 62.0 Å². The van der Waals surface area contributed by atoms with Gasteiger partial charge in [-0.25, -0.2) is 0 Å². The van der Waals surface area contributed by atoms with Crippen LogP contribution in [0, 0.1) is 0 Å². The summed E-state index contributed by atoms with van der Waals surface area (Å²) in [5.41, 5.74) is 3.18. The molecule has 0 spiro atoms. The molecule has 0 bridgehead atoms. The molecule has 1 aromatic carbocycles. The van der Waals surface area contributed by atoms with E-state index in [1.165, 1.54) is 70.2 Å². The monoisotopic (exact) mass is 315 g/mol. The molecule has 0 N–H and O–H groups in total. The van der Waals surface area contributed by atoms with Gasteiger partial charge in [0.2, 0.25) is 0 Å². The summed E-state index contributed by atoms with van der Waals surface area (Å²) in [6, 6.07) is 11.1. The molecule has 0 amide bonds. The van der Waals surface area contributed by atoms with E-state index >= 15 is 0 Å². The molecule has 2 heteroatoms. The summed E-state index contributed by atoms with van der Waals surface area (Å²) in [5.74, 6) is 0.845. The highest BCUT2D eigenvalue weighted by Crippen LogP contribution is 2.32. The summed E-state index contributed by atoms with van der Waals surface area (Å²) < 4.78 is 0. The largest absolute Gasteiger partial charge is 0.306 e. The van der Waals surface area contributed by atoms with E-state index in [-0.39, 0.29) is 0 Å². The highest BCUT2D eigenvalue weighted by atomic mass is 28.3. The third kappa shape index (κ3) is 4.45. The van der Waals surface area contributed by atoms with Gasteiger partial charge in [-0.1, -0.05) is 62.2 Å². The van der Waals surface area contributed by atoms with Crippen LogP contribution in [-0.2, 0) is 6.04 Å². The molecule has 122 valence electrons. The predicted octanol–water partition coefficient (Wildman–Crippen LogP) is 5.16. The molecule has 0 radical (unpaired) electrons. The number of hydrogen-bond acceptors (Lipinski definition) is 1. The van der Waals surface area contributed by atoms with Gasteiger partial charge in [-0.2, -0.15) is 0 Å². The van der Waals surface area contributed by atoms with Crippen molar-refractivity contribution < 1.29 is 0 Å². The highest BCUT2D eigenvalue weighted by Gasteiger charge is 2.26. The number of benzene rings is 1. The van der Waals surface area contributed by atoms with Crippen molar-refractivity contribution in [2.75, 3.05) is 19.3 Å². The average molecular weight is 316 g/mol. The lowest BCUT2D eigenvalue weighted by molar-refractivity contribution is 0.388. The van der Waals surface area contributed by atoms with E-state index in [0.717, 1.165) is 5.92 Å². The number of hydrogen-bond donors (Lipinski definition) is 0. The van der Waals surface area contributed by atoms with Gasteiger partial charge in [0.15, 0.2) is 0 Å². The molecular formula is C20H33NSi. The first-order valence-electron chi connectivity index (χ1n) is 9.44. The molecule has 1 heterocycles. The fourth-order valence-corrected chi connectivity index (χ4v) is 7.48. The van der Waals surface area contributed by atoms with Crippen LogP contribution in [0.15, 0.2) is 24.3 Å². The van der Waals surface area contributed by atoms with Gasteiger partial charge in [-0.3, -0.25) is 0 Å². The molecular weight excluding hydrogens is 282 g/mol. The van der Waals surface area contributed by atoms with Crippen LogP contribution in [0.4, 0.5) is 0 Å². The Labute approximate surface area is 138 Å². The highest BCUT2D eigenvalue weighted by molar-refractivity contribution is 6.77. The van der Waals surface area contributed by atoms with Crippen LogP contribution < -0.4 is 0 Å². The van der Waals surface area contributed by atoms with E-state index in [9.17, 15) is 0 Å². The van der Waals surface area contributed by atoms with Gasteiger partial charge in [-0.05, 0) is 62.5 Å². The van der Waals surface area contributed by atoms with Crippen molar-refractivity contribution in [1.29, 1.82) is 0 Å². The third-order valence-corrected chi connectivity index (χ3v) is 8.26. The Balaban J connectivity index is 1.57. The van der Waals surface area contributed by atoms with E-state index in [1.54, 1.807) is 11.1 Å². The van der Waals surface area contributed by atoms with Crippen molar-refractivity contribution in [2.24, 2.45) is 0 Å². The summed E-state index contributed by atoms with van der Waals surface area (Å²) in [5, 5.41) is 0. The van der Waals surface area contributed by atoms with E-state index in [0.29, 0.717) is 0 Å². The number of nitrogens with zero attached hydrogens (tertiary/aromatic N) is 1. The van der Waals surface area contributed by atoms with E-state index in [1.807, 2.05) is 0 Å². The lowest BCUT2D eigenvalue weighted by Crippen LogP contribution is -2.43. The second-order valence-corrected chi connectivity index (χ2v) is 13.4. The maximum Gasteiger partial charge on any atom is 0.0672 e. The Kier molecular flexibility index (Phi) is 5.40. The normalized spacial score (nSPS) is 21.4. The minimum absolute atomic E-state index is 0.845. The van der Waals surface area contributed by atoms with Crippen LogP contribution in [0.3, 0.4) is 0 Å². The Morgan fingerprint density at radius 1 is 0.909 bits per heavy atom. The van der Waals surface area contributed by atoms with Crippen LogP contribution in [0.2, 0.25) is 13.1 Å². The maximum absolute atomic E-state index is 2.71. The van der Waals surface area contributed by atoms with Crippen LogP contribution in [0.5, 0.6) is 0 Å². The second kappa shape index (κ2) is 7.31. The molecule has 1 aliphatic heterocycles. The average Bonchev–Trinajstić information content (AvgIpc) is 3.00. The van der Waals surface area contributed by atoms with Gasteiger partial charge in [0.05, 0.1) is 8.07 Å². The summed E-state index contributed by atoms with van der Waals surface area (Å²) >= 11 is 0. The fraction of sp³-hybridized carbons (Fsp3) is 0.700. The minimum atomic E-state index is -1.14. The zero-order chi connectivity index (χ0) is 15.4. The Morgan fingerprint density at radius 2 is 1.55 bits per heavy atom. The topological polar surface area (TPSA) is 3.24 Å². The van der Waals surface area contributed by atoms with Crippen molar-refractivity contribution in [3.63, 3.8) is 0 Å². The first-order valence-corrected chi connectivity index (χ1v) is 12.9. The van der Waals surface area contributed by atoms with Gasteiger partial charge < -0.3 is 4.90 Å². The molecule has 1 saturated carbocycles. The third-order valence-electron chi connectivity index (χ3n) is 5.59. The van der Waals surface area contributed by atoms with Crippen molar-refractivity contribution >= 4 is 8.07 Å². The molecule has 3 rings (SSSR count). The predicted molar refractivity (Wildman–Crippen MR) is 99.1 cm³/mol. The van der Waals surface area contributed by atoms with Gasteiger partial charge in [0.25, 0.3) is 0 Å². The van der Waals surface area contributed by atoms with Crippen molar-refractivity contribution in [3.8, 4) is 0 Å². The second-order valence-electron chi connectivity index (χ2n) is 8.40. The van der Waals surface area contributed by atoms with Crippen LogP contribution in [-0.4, -0.2) is 32.2 Å². The molecule has 1 aromatic rings.